The Morgan fingerprint density at radius 3 is 2.90 bits per heavy atom. The third-order valence-corrected chi connectivity index (χ3v) is 3.73. The average Bonchev–Trinajstić information content (AvgIpc) is 3.00. The van der Waals surface area contributed by atoms with Crippen molar-refractivity contribution in [2.24, 2.45) is 0 Å². The molecule has 0 saturated carbocycles. The molecule has 2 heterocycles. The monoisotopic (exact) mass is 292 g/mol. The molecule has 6 heteroatoms. The molecule has 0 amide bonds. The minimum atomic E-state index is -0.395. The standard InChI is InChI=1S/C15H24N4O2/c1-3-21-15(20)13-8-12(16)10-18-14(13)17-9-11(2)19-6-4-5-7-19/h8,10-11H,3-7,9,16H2,1-2H3,(H,17,18). The van der Waals surface area contributed by atoms with E-state index < -0.39 is 5.97 Å². The van der Waals surface area contributed by atoms with E-state index in [0.29, 0.717) is 29.7 Å². The molecule has 0 aromatic carbocycles. The van der Waals surface area contributed by atoms with E-state index >= 15 is 0 Å². The van der Waals surface area contributed by atoms with Crippen LogP contribution in [0.25, 0.3) is 0 Å². The van der Waals surface area contributed by atoms with Crippen LogP contribution in [0.1, 0.15) is 37.0 Å². The van der Waals surface area contributed by atoms with Crippen LogP contribution >= 0.6 is 0 Å². The zero-order chi connectivity index (χ0) is 15.2. The van der Waals surface area contributed by atoms with E-state index in [2.05, 4.69) is 22.1 Å². The van der Waals surface area contributed by atoms with E-state index in [9.17, 15) is 4.79 Å². The van der Waals surface area contributed by atoms with Crippen molar-refractivity contribution in [2.45, 2.75) is 32.7 Å². The highest BCUT2D eigenvalue weighted by atomic mass is 16.5. The summed E-state index contributed by atoms with van der Waals surface area (Å²) in [5.41, 5.74) is 6.56. The summed E-state index contributed by atoms with van der Waals surface area (Å²) in [5, 5.41) is 3.25. The summed E-state index contributed by atoms with van der Waals surface area (Å²) in [6.07, 6.45) is 4.07. The van der Waals surface area contributed by atoms with Crippen LogP contribution in [0.3, 0.4) is 0 Å². The molecular formula is C15H24N4O2. The van der Waals surface area contributed by atoms with Gasteiger partial charge in [-0.1, -0.05) is 0 Å². The van der Waals surface area contributed by atoms with E-state index in [4.69, 9.17) is 10.5 Å². The Morgan fingerprint density at radius 1 is 1.52 bits per heavy atom. The maximum Gasteiger partial charge on any atom is 0.341 e. The highest BCUT2D eigenvalue weighted by Gasteiger charge is 2.19. The Kier molecular flexibility index (Phi) is 5.38. The molecule has 1 fully saturated rings. The largest absolute Gasteiger partial charge is 0.462 e. The summed E-state index contributed by atoms with van der Waals surface area (Å²) < 4.78 is 5.05. The molecule has 1 aromatic rings. The molecule has 0 bridgehead atoms. The Balaban J connectivity index is 2.03. The van der Waals surface area contributed by atoms with Gasteiger partial charge in [0, 0.05) is 12.6 Å². The van der Waals surface area contributed by atoms with Gasteiger partial charge in [0.15, 0.2) is 0 Å². The number of nitrogens with two attached hydrogens (primary N) is 1. The molecule has 1 aromatic heterocycles. The number of carbonyl (C=O) groups excluding carboxylic acids is 1. The number of nitrogens with one attached hydrogen (secondary N) is 1. The van der Waals surface area contributed by atoms with Crippen LogP contribution in [0.15, 0.2) is 12.3 Å². The summed E-state index contributed by atoms with van der Waals surface area (Å²) in [5.74, 6) is 0.141. The van der Waals surface area contributed by atoms with Gasteiger partial charge in [-0.05, 0) is 45.8 Å². The number of likely N-dealkylation sites (tertiary alicyclic amines) is 1. The van der Waals surface area contributed by atoms with Gasteiger partial charge in [-0.15, -0.1) is 0 Å². The van der Waals surface area contributed by atoms with Crippen molar-refractivity contribution in [3.05, 3.63) is 17.8 Å². The first-order chi connectivity index (χ1) is 10.1. The maximum absolute atomic E-state index is 12.0. The maximum atomic E-state index is 12.0. The number of pyridine rings is 1. The fraction of sp³-hybridized carbons (Fsp3) is 0.600. The number of hydrogen-bond acceptors (Lipinski definition) is 6. The molecular weight excluding hydrogens is 268 g/mol. The van der Waals surface area contributed by atoms with E-state index in [0.717, 1.165) is 19.6 Å². The first kappa shape index (κ1) is 15.6. The molecule has 6 nitrogen and oxygen atoms in total. The van der Waals surface area contributed by atoms with Crippen molar-refractivity contribution in [1.82, 2.24) is 9.88 Å². The van der Waals surface area contributed by atoms with Crippen molar-refractivity contribution < 1.29 is 9.53 Å². The normalized spacial score (nSPS) is 16.7. The molecule has 1 aliphatic rings. The van der Waals surface area contributed by atoms with Crippen molar-refractivity contribution in [1.29, 1.82) is 0 Å². The van der Waals surface area contributed by atoms with Crippen LogP contribution in [0.2, 0.25) is 0 Å². The first-order valence-corrected chi connectivity index (χ1v) is 7.52. The SMILES string of the molecule is CCOC(=O)c1cc(N)cnc1NCC(C)N1CCCC1. The summed E-state index contributed by atoms with van der Waals surface area (Å²) in [4.78, 5) is 18.6. The molecule has 2 rings (SSSR count). The van der Waals surface area contributed by atoms with E-state index in [1.54, 1.807) is 19.2 Å². The number of rotatable bonds is 6. The topological polar surface area (TPSA) is 80.5 Å². The van der Waals surface area contributed by atoms with Crippen LogP contribution in [0, 0.1) is 0 Å². The summed E-state index contributed by atoms with van der Waals surface area (Å²) in [6.45, 7) is 7.31. The molecule has 0 radical (unpaired) electrons. The highest BCUT2D eigenvalue weighted by molar-refractivity contribution is 5.95. The summed E-state index contributed by atoms with van der Waals surface area (Å²) in [7, 11) is 0. The van der Waals surface area contributed by atoms with Crippen molar-refractivity contribution in [3.8, 4) is 0 Å². The van der Waals surface area contributed by atoms with Gasteiger partial charge in [-0.25, -0.2) is 9.78 Å². The number of nitrogen functional groups attached to an aromatic ring is 1. The van der Waals surface area contributed by atoms with Gasteiger partial charge in [-0.3, -0.25) is 4.90 Å². The number of carbonyl (C=O) groups is 1. The zero-order valence-electron chi connectivity index (χ0n) is 12.8. The van der Waals surface area contributed by atoms with Gasteiger partial charge in [-0.2, -0.15) is 0 Å². The van der Waals surface area contributed by atoms with Crippen molar-refractivity contribution in [3.63, 3.8) is 0 Å². The Labute approximate surface area is 125 Å². The van der Waals surface area contributed by atoms with Crippen LogP contribution < -0.4 is 11.1 Å². The van der Waals surface area contributed by atoms with Gasteiger partial charge in [0.1, 0.15) is 11.4 Å². The number of ether oxygens (including phenoxy) is 1. The fourth-order valence-corrected chi connectivity index (χ4v) is 2.54. The number of aromatic nitrogens is 1. The molecule has 3 N–H and O–H groups in total. The Morgan fingerprint density at radius 2 is 2.24 bits per heavy atom. The molecule has 1 saturated heterocycles. The number of anilines is 2. The predicted molar refractivity (Wildman–Crippen MR) is 83.4 cm³/mol. The van der Waals surface area contributed by atoms with E-state index in [1.807, 2.05) is 0 Å². The molecule has 116 valence electrons. The molecule has 1 unspecified atom stereocenters. The molecule has 21 heavy (non-hydrogen) atoms. The fourth-order valence-electron chi connectivity index (χ4n) is 2.54. The minimum absolute atomic E-state index is 0.331. The van der Waals surface area contributed by atoms with Gasteiger partial charge in [0.05, 0.1) is 18.5 Å². The minimum Gasteiger partial charge on any atom is -0.462 e. The van der Waals surface area contributed by atoms with E-state index in [1.165, 1.54) is 12.8 Å². The number of hydrogen-bond donors (Lipinski definition) is 2. The van der Waals surface area contributed by atoms with Gasteiger partial charge in [0.2, 0.25) is 0 Å². The van der Waals surface area contributed by atoms with Gasteiger partial charge < -0.3 is 15.8 Å². The quantitative estimate of drug-likeness (QED) is 0.777. The van der Waals surface area contributed by atoms with Gasteiger partial charge in [0.25, 0.3) is 0 Å². The Bertz CT molecular complexity index is 487. The van der Waals surface area contributed by atoms with Crippen LogP contribution in [0.5, 0.6) is 0 Å². The lowest BCUT2D eigenvalue weighted by Gasteiger charge is -2.24. The van der Waals surface area contributed by atoms with Crippen LogP contribution in [0.4, 0.5) is 11.5 Å². The van der Waals surface area contributed by atoms with Crippen LogP contribution in [-0.2, 0) is 4.74 Å². The van der Waals surface area contributed by atoms with Gasteiger partial charge >= 0.3 is 5.97 Å². The smallest absolute Gasteiger partial charge is 0.341 e. The lowest BCUT2D eigenvalue weighted by molar-refractivity contribution is 0.0527. The molecule has 0 aliphatic carbocycles. The lowest BCUT2D eigenvalue weighted by Crippen LogP contribution is -2.36. The summed E-state index contributed by atoms with van der Waals surface area (Å²) >= 11 is 0. The summed E-state index contributed by atoms with van der Waals surface area (Å²) in [6, 6.07) is 2.01. The second-order valence-corrected chi connectivity index (χ2v) is 5.36. The predicted octanol–water partition coefficient (Wildman–Crippen LogP) is 1.74. The average molecular weight is 292 g/mol. The number of nitrogens with zero attached hydrogens (tertiary/aromatic N) is 2. The third kappa shape index (κ3) is 4.07. The van der Waals surface area contributed by atoms with Crippen LogP contribution in [-0.4, -0.2) is 48.1 Å². The lowest BCUT2D eigenvalue weighted by atomic mass is 10.2. The second-order valence-electron chi connectivity index (χ2n) is 5.36. The molecule has 1 aliphatic heterocycles. The first-order valence-electron chi connectivity index (χ1n) is 7.52. The molecule has 0 spiro atoms. The second kappa shape index (κ2) is 7.26. The Hall–Kier alpha value is -1.82. The highest BCUT2D eigenvalue weighted by Crippen LogP contribution is 2.18. The van der Waals surface area contributed by atoms with Crippen molar-refractivity contribution in [2.75, 3.05) is 37.3 Å². The van der Waals surface area contributed by atoms with Crippen molar-refractivity contribution >= 4 is 17.5 Å². The number of esters is 1. The molecule has 1 atom stereocenters. The third-order valence-electron chi connectivity index (χ3n) is 3.73. The van der Waals surface area contributed by atoms with E-state index in [-0.39, 0.29) is 0 Å². The zero-order valence-corrected chi connectivity index (χ0v) is 12.8.